The van der Waals surface area contributed by atoms with Crippen molar-refractivity contribution in [1.29, 1.82) is 0 Å². The van der Waals surface area contributed by atoms with Crippen LogP contribution in [0.1, 0.15) is 28.8 Å². The van der Waals surface area contributed by atoms with E-state index in [0.717, 1.165) is 42.6 Å². The number of fused-ring (bicyclic) bond motifs is 1. The third-order valence-electron chi connectivity index (χ3n) is 6.42. The molecule has 2 aliphatic rings. The van der Waals surface area contributed by atoms with Gasteiger partial charge in [0.15, 0.2) is 5.13 Å². The topological polar surface area (TPSA) is 79.5 Å². The number of aromatic nitrogens is 1. The van der Waals surface area contributed by atoms with E-state index in [4.69, 9.17) is 5.73 Å². The molecule has 2 aromatic carbocycles. The molecule has 2 fully saturated rings. The largest absolute Gasteiger partial charge is 0.375 e. The van der Waals surface area contributed by atoms with Gasteiger partial charge < -0.3 is 15.5 Å². The Hall–Kier alpha value is -2.93. The molecule has 0 aliphatic carbocycles. The van der Waals surface area contributed by atoms with Gasteiger partial charge in [0.2, 0.25) is 5.91 Å². The van der Waals surface area contributed by atoms with Crippen LogP contribution in [-0.4, -0.2) is 52.8 Å². The first kappa shape index (κ1) is 19.1. The predicted octanol–water partition coefficient (Wildman–Crippen LogP) is 3.19. The van der Waals surface area contributed by atoms with Crippen molar-refractivity contribution < 1.29 is 9.59 Å². The van der Waals surface area contributed by atoms with Gasteiger partial charge in [-0.15, -0.1) is 0 Å². The maximum atomic E-state index is 13.2. The van der Waals surface area contributed by atoms with Gasteiger partial charge in [-0.3, -0.25) is 9.59 Å². The van der Waals surface area contributed by atoms with E-state index in [9.17, 15) is 9.59 Å². The van der Waals surface area contributed by atoms with Crippen molar-refractivity contribution in [3.05, 3.63) is 59.7 Å². The first-order valence-electron chi connectivity index (χ1n) is 10.3. The van der Waals surface area contributed by atoms with Crippen LogP contribution >= 0.6 is 11.3 Å². The van der Waals surface area contributed by atoms with E-state index >= 15 is 0 Å². The summed E-state index contributed by atoms with van der Waals surface area (Å²) in [5.74, 6) is 0.172. The van der Waals surface area contributed by atoms with Crippen LogP contribution in [0.3, 0.4) is 0 Å². The first-order chi connectivity index (χ1) is 14.6. The molecule has 30 heavy (non-hydrogen) atoms. The zero-order valence-corrected chi connectivity index (χ0v) is 17.5. The summed E-state index contributed by atoms with van der Waals surface area (Å²) in [6.07, 6.45) is 2.42. The quantitative estimate of drug-likeness (QED) is 0.703. The van der Waals surface area contributed by atoms with Gasteiger partial charge in [0.05, 0.1) is 21.2 Å². The number of anilines is 1. The fourth-order valence-electron chi connectivity index (χ4n) is 4.74. The van der Waals surface area contributed by atoms with Crippen molar-refractivity contribution in [3.8, 4) is 0 Å². The van der Waals surface area contributed by atoms with Crippen LogP contribution < -0.4 is 5.73 Å². The monoisotopic (exact) mass is 420 g/mol. The molecule has 1 spiro atoms. The highest BCUT2D eigenvalue weighted by Gasteiger charge is 2.51. The molecule has 1 atom stereocenters. The molecule has 154 valence electrons. The molecule has 3 heterocycles. The van der Waals surface area contributed by atoms with Crippen molar-refractivity contribution in [2.45, 2.75) is 19.3 Å². The van der Waals surface area contributed by atoms with Crippen molar-refractivity contribution >= 4 is 38.5 Å². The predicted molar refractivity (Wildman–Crippen MR) is 118 cm³/mol. The normalized spacial score (nSPS) is 21.3. The van der Waals surface area contributed by atoms with Crippen LogP contribution in [-0.2, 0) is 11.2 Å². The lowest BCUT2D eigenvalue weighted by Gasteiger charge is -2.24. The van der Waals surface area contributed by atoms with E-state index in [-0.39, 0.29) is 11.8 Å². The maximum absolute atomic E-state index is 13.2. The van der Waals surface area contributed by atoms with Crippen molar-refractivity contribution in [1.82, 2.24) is 14.8 Å². The fraction of sp³-hybridized carbons (Fsp3) is 0.348. The molecule has 5 rings (SSSR count). The first-order valence-corrected chi connectivity index (χ1v) is 11.1. The number of carbonyl (C=O) groups is 2. The van der Waals surface area contributed by atoms with Crippen LogP contribution in [0.2, 0.25) is 0 Å². The van der Waals surface area contributed by atoms with Gasteiger partial charge in [0.1, 0.15) is 0 Å². The van der Waals surface area contributed by atoms with Crippen LogP contribution in [0.15, 0.2) is 48.5 Å². The van der Waals surface area contributed by atoms with Crippen LogP contribution in [0.5, 0.6) is 0 Å². The minimum absolute atomic E-state index is 0.0309. The Labute approximate surface area is 179 Å². The average Bonchev–Trinajstić information content (AvgIpc) is 3.45. The van der Waals surface area contributed by atoms with E-state index < -0.39 is 5.41 Å². The minimum atomic E-state index is -0.424. The highest BCUT2D eigenvalue weighted by atomic mass is 32.1. The van der Waals surface area contributed by atoms with E-state index in [2.05, 4.69) is 17.1 Å². The van der Waals surface area contributed by atoms with E-state index in [1.807, 2.05) is 46.2 Å². The number of hydrogen-bond donors (Lipinski definition) is 1. The molecule has 0 radical (unpaired) electrons. The number of carbonyl (C=O) groups excluding carboxylic acids is 2. The fourth-order valence-corrected chi connectivity index (χ4v) is 5.58. The van der Waals surface area contributed by atoms with Crippen LogP contribution in [0.25, 0.3) is 10.2 Å². The average molecular weight is 421 g/mol. The molecule has 0 saturated carbocycles. The number of amides is 2. The smallest absolute Gasteiger partial charge is 0.255 e. The third kappa shape index (κ3) is 3.23. The second kappa shape index (κ2) is 7.40. The number of rotatable bonds is 4. The zero-order valence-electron chi connectivity index (χ0n) is 16.7. The SMILES string of the molecule is Nc1nc2cccc(C(=O)N3CCC4(CCN(CCc5ccccc5)C4=O)C3)c2s1. The Morgan fingerprint density at radius 2 is 1.90 bits per heavy atom. The summed E-state index contributed by atoms with van der Waals surface area (Å²) in [6.45, 7) is 2.62. The van der Waals surface area contributed by atoms with Gasteiger partial charge in [-0.1, -0.05) is 47.7 Å². The minimum Gasteiger partial charge on any atom is -0.375 e. The Bertz CT molecular complexity index is 1110. The Morgan fingerprint density at radius 1 is 1.10 bits per heavy atom. The van der Waals surface area contributed by atoms with Crippen LogP contribution in [0.4, 0.5) is 5.13 Å². The van der Waals surface area contributed by atoms with E-state index in [1.54, 1.807) is 0 Å². The lowest BCUT2D eigenvalue weighted by atomic mass is 9.85. The van der Waals surface area contributed by atoms with Crippen molar-refractivity contribution in [2.75, 3.05) is 31.9 Å². The number of hydrogen-bond acceptors (Lipinski definition) is 5. The molecule has 1 aromatic heterocycles. The van der Waals surface area contributed by atoms with Gasteiger partial charge in [-0.25, -0.2) is 4.98 Å². The molecule has 3 aromatic rings. The van der Waals surface area contributed by atoms with Gasteiger partial charge in [0, 0.05) is 26.2 Å². The summed E-state index contributed by atoms with van der Waals surface area (Å²) in [5, 5.41) is 0.461. The Kier molecular flexibility index (Phi) is 4.70. The molecular weight excluding hydrogens is 396 g/mol. The molecule has 7 heteroatoms. The Balaban J connectivity index is 1.29. The number of likely N-dealkylation sites (tertiary alicyclic amines) is 2. The van der Waals surface area contributed by atoms with Gasteiger partial charge >= 0.3 is 0 Å². The van der Waals surface area contributed by atoms with Crippen molar-refractivity contribution in [2.24, 2.45) is 5.41 Å². The molecule has 2 amide bonds. The molecule has 6 nitrogen and oxygen atoms in total. The number of nitrogens with zero attached hydrogens (tertiary/aromatic N) is 3. The second-order valence-corrected chi connectivity index (χ2v) is 9.27. The third-order valence-corrected chi connectivity index (χ3v) is 7.35. The highest BCUT2D eigenvalue weighted by Crippen LogP contribution is 2.41. The second-order valence-electron chi connectivity index (χ2n) is 8.24. The molecule has 2 saturated heterocycles. The van der Waals surface area contributed by atoms with Crippen LogP contribution in [0, 0.1) is 5.41 Å². The molecule has 2 aliphatic heterocycles. The molecule has 0 bridgehead atoms. The van der Waals surface area contributed by atoms with Gasteiger partial charge in [0.25, 0.3) is 5.91 Å². The number of benzene rings is 2. The molecule has 2 N–H and O–H groups in total. The summed E-state index contributed by atoms with van der Waals surface area (Å²) >= 11 is 1.34. The molecule has 1 unspecified atom stereocenters. The molecular formula is C23H24N4O2S. The summed E-state index contributed by atoms with van der Waals surface area (Å²) in [7, 11) is 0. The maximum Gasteiger partial charge on any atom is 0.255 e. The number of nitrogen functional groups attached to an aromatic ring is 1. The summed E-state index contributed by atoms with van der Waals surface area (Å²) in [5.41, 5.74) is 8.04. The van der Waals surface area contributed by atoms with E-state index in [1.165, 1.54) is 16.9 Å². The number of nitrogens with two attached hydrogens (primary N) is 1. The van der Waals surface area contributed by atoms with Gasteiger partial charge in [-0.2, -0.15) is 0 Å². The van der Waals surface area contributed by atoms with Gasteiger partial charge in [-0.05, 0) is 37.0 Å². The summed E-state index contributed by atoms with van der Waals surface area (Å²) in [4.78, 5) is 34.6. The summed E-state index contributed by atoms with van der Waals surface area (Å²) < 4.78 is 0.822. The lowest BCUT2D eigenvalue weighted by molar-refractivity contribution is -0.135. The zero-order chi connectivity index (χ0) is 20.7. The summed E-state index contributed by atoms with van der Waals surface area (Å²) in [6, 6.07) is 15.8. The van der Waals surface area contributed by atoms with E-state index in [0.29, 0.717) is 23.8 Å². The number of thiazole rings is 1. The highest BCUT2D eigenvalue weighted by molar-refractivity contribution is 7.22. The standard InChI is InChI=1S/C23H24N4O2S/c24-22-25-18-8-4-7-17(19(18)30-22)20(28)27-14-11-23(15-27)10-13-26(21(23)29)12-9-16-5-2-1-3-6-16/h1-8H,9-15H2,(H2,24,25). The van der Waals surface area contributed by atoms with Crippen molar-refractivity contribution in [3.63, 3.8) is 0 Å². The lowest BCUT2D eigenvalue weighted by Crippen LogP contribution is -2.39. The Morgan fingerprint density at radius 3 is 2.73 bits per heavy atom.